The van der Waals surface area contributed by atoms with Gasteiger partial charge in [-0.3, -0.25) is 14.6 Å². The Morgan fingerprint density at radius 3 is 2.57 bits per heavy atom. The zero-order chi connectivity index (χ0) is 16.1. The molecule has 1 aromatic heterocycles. The van der Waals surface area contributed by atoms with Crippen LogP contribution in [0.1, 0.15) is 36.0 Å². The number of nitrogens with one attached hydrogen (secondary N) is 1. The van der Waals surface area contributed by atoms with Gasteiger partial charge >= 0.3 is 0 Å². The lowest BCUT2D eigenvalue weighted by molar-refractivity contribution is -0.136. The van der Waals surface area contributed by atoms with Crippen molar-refractivity contribution in [1.82, 2.24) is 15.2 Å². The third-order valence-electron chi connectivity index (χ3n) is 4.66. The number of amides is 2. The van der Waals surface area contributed by atoms with Gasteiger partial charge in [-0.25, -0.2) is 0 Å². The summed E-state index contributed by atoms with van der Waals surface area (Å²) in [7, 11) is 0. The van der Waals surface area contributed by atoms with Crippen LogP contribution in [0.15, 0.2) is 24.5 Å². The summed E-state index contributed by atoms with van der Waals surface area (Å²) in [5, 5.41) is 3.07. The third-order valence-corrected chi connectivity index (χ3v) is 5.60. The second-order valence-corrected chi connectivity index (χ2v) is 7.43. The molecule has 1 saturated carbocycles. The lowest BCUT2D eigenvalue weighted by atomic mass is 9.85. The second-order valence-electron chi connectivity index (χ2n) is 6.20. The lowest BCUT2D eigenvalue weighted by Crippen LogP contribution is -2.44. The average molecular weight is 333 g/mol. The summed E-state index contributed by atoms with van der Waals surface area (Å²) in [5.41, 5.74) is 0.594. The van der Waals surface area contributed by atoms with E-state index in [4.69, 9.17) is 0 Å². The van der Waals surface area contributed by atoms with Crippen LogP contribution in [0.5, 0.6) is 0 Å². The predicted molar refractivity (Wildman–Crippen MR) is 91.4 cm³/mol. The number of carbonyl (C=O) groups is 2. The van der Waals surface area contributed by atoms with Crippen molar-refractivity contribution in [2.24, 2.45) is 5.92 Å². The molecule has 5 nitrogen and oxygen atoms in total. The minimum absolute atomic E-state index is 0.0686. The molecule has 2 aliphatic rings. The smallest absolute Gasteiger partial charge is 0.253 e. The summed E-state index contributed by atoms with van der Waals surface area (Å²) in [6.45, 7) is 1.78. The second kappa shape index (κ2) is 7.81. The average Bonchev–Trinajstić information content (AvgIpc) is 2.63. The number of hydrogen-bond donors (Lipinski definition) is 1. The standard InChI is InChI=1S/C17H23N3O2S/c21-16(14-2-1-7-18-12-14)19-15-5-3-13(4-6-15)17(22)20-8-10-23-11-9-20/h1-2,7,12-13,15H,3-6,8-11H2,(H,19,21). The summed E-state index contributed by atoms with van der Waals surface area (Å²) < 4.78 is 0. The van der Waals surface area contributed by atoms with Gasteiger partial charge in [0.05, 0.1) is 5.56 Å². The van der Waals surface area contributed by atoms with Crippen molar-refractivity contribution >= 4 is 23.6 Å². The molecular weight excluding hydrogens is 310 g/mol. The molecule has 124 valence electrons. The van der Waals surface area contributed by atoms with E-state index >= 15 is 0 Å². The molecule has 0 radical (unpaired) electrons. The first-order chi connectivity index (χ1) is 11.2. The lowest BCUT2D eigenvalue weighted by Gasteiger charge is -2.34. The molecule has 23 heavy (non-hydrogen) atoms. The van der Waals surface area contributed by atoms with Crippen LogP contribution in [-0.2, 0) is 4.79 Å². The quantitative estimate of drug-likeness (QED) is 0.918. The summed E-state index contributed by atoms with van der Waals surface area (Å²) in [5.74, 6) is 2.51. The van der Waals surface area contributed by atoms with Gasteiger partial charge in [-0.15, -0.1) is 0 Å². The van der Waals surface area contributed by atoms with E-state index in [0.717, 1.165) is 50.3 Å². The number of pyridine rings is 1. The van der Waals surface area contributed by atoms with Crippen molar-refractivity contribution in [3.8, 4) is 0 Å². The Balaban J connectivity index is 1.46. The Bertz CT molecular complexity index is 538. The molecule has 2 heterocycles. The maximum Gasteiger partial charge on any atom is 0.253 e. The number of rotatable bonds is 3. The van der Waals surface area contributed by atoms with Crippen LogP contribution in [0.4, 0.5) is 0 Å². The van der Waals surface area contributed by atoms with Gasteiger partial charge in [-0.1, -0.05) is 0 Å². The topological polar surface area (TPSA) is 62.3 Å². The van der Waals surface area contributed by atoms with Gasteiger partial charge in [0.1, 0.15) is 0 Å². The molecule has 0 bridgehead atoms. The first kappa shape index (κ1) is 16.3. The summed E-state index contributed by atoms with van der Waals surface area (Å²) in [4.78, 5) is 30.7. The van der Waals surface area contributed by atoms with Crippen molar-refractivity contribution in [3.05, 3.63) is 30.1 Å². The Morgan fingerprint density at radius 1 is 1.17 bits per heavy atom. The molecule has 1 aromatic rings. The fraction of sp³-hybridized carbons (Fsp3) is 0.588. The predicted octanol–water partition coefficient (Wildman–Crippen LogP) is 1.95. The molecule has 1 aliphatic heterocycles. The highest BCUT2D eigenvalue weighted by atomic mass is 32.2. The van der Waals surface area contributed by atoms with Gasteiger partial charge in [0.25, 0.3) is 5.91 Å². The van der Waals surface area contributed by atoms with E-state index in [1.54, 1.807) is 24.5 Å². The van der Waals surface area contributed by atoms with E-state index in [-0.39, 0.29) is 17.9 Å². The molecule has 0 spiro atoms. The van der Waals surface area contributed by atoms with Crippen LogP contribution in [-0.4, -0.2) is 52.3 Å². The molecule has 1 saturated heterocycles. The van der Waals surface area contributed by atoms with Crippen molar-refractivity contribution in [3.63, 3.8) is 0 Å². The summed E-state index contributed by atoms with van der Waals surface area (Å²) >= 11 is 1.92. The molecular formula is C17H23N3O2S. The van der Waals surface area contributed by atoms with Gasteiger partial charge in [-0.05, 0) is 37.8 Å². The fourth-order valence-corrected chi connectivity index (χ4v) is 4.20. The number of hydrogen-bond acceptors (Lipinski definition) is 4. The molecule has 0 aromatic carbocycles. The number of thioether (sulfide) groups is 1. The Hall–Kier alpha value is -1.56. The van der Waals surface area contributed by atoms with Crippen molar-refractivity contribution in [2.75, 3.05) is 24.6 Å². The molecule has 1 N–H and O–H groups in total. The molecule has 2 fully saturated rings. The largest absolute Gasteiger partial charge is 0.349 e. The van der Waals surface area contributed by atoms with Crippen LogP contribution in [0.3, 0.4) is 0 Å². The maximum absolute atomic E-state index is 12.5. The van der Waals surface area contributed by atoms with Crippen LogP contribution in [0.25, 0.3) is 0 Å². The van der Waals surface area contributed by atoms with Gasteiger partial charge in [0, 0.05) is 48.9 Å². The third kappa shape index (κ3) is 4.25. The molecule has 6 heteroatoms. The van der Waals surface area contributed by atoms with Crippen LogP contribution >= 0.6 is 11.8 Å². The highest BCUT2D eigenvalue weighted by Gasteiger charge is 2.30. The minimum Gasteiger partial charge on any atom is -0.349 e. The van der Waals surface area contributed by atoms with Gasteiger partial charge in [0.15, 0.2) is 0 Å². The Morgan fingerprint density at radius 2 is 1.91 bits per heavy atom. The zero-order valence-corrected chi connectivity index (χ0v) is 14.1. The van der Waals surface area contributed by atoms with E-state index in [2.05, 4.69) is 10.3 Å². The van der Waals surface area contributed by atoms with Crippen molar-refractivity contribution in [1.29, 1.82) is 0 Å². The van der Waals surface area contributed by atoms with Crippen LogP contribution < -0.4 is 5.32 Å². The minimum atomic E-state index is -0.0686. The van der Waals surface area contributed by atoms with Gasteiger partial charge in [-0.2, -0.15) is 11.8 Å². The number of carbonyl (C=O) groups excluding carboxylic acids is 2. The van der Waals surface area contributed by atoms with E-state index in [1.165, 1.54) is 0 Å². The zero-order valence-electron chi connectivity index (χ0n) is 13.2. The van der Waals surface area contributed by atoms with Crippen molar-refractivity contribution in [2.45, 2.75) is 31.7 Å². The van der Waals surface area contributed by atoms with E-state index in [9.17, 15) is 9.59 Å². The molecule has 0 atom stereocenters. The highest BCUT2D eigenvalue weighted by Crippen LogP contribution is 2.27. The van der Waals surface area contributed by atoms with Crippen molar-refractivity contribution < 1.29 is 9.59 Å². The van der Waals surface area contributed by atoms with E-state index in [1.807, 2.05) is 16.7 Å². The SMILES string of the molecule is O=C(NC1CCC(C(=O)N2CCSCC2)CC1)c1cccnc1. The van der Waals surface area contributed by atoms with Gasteiger partial charge in [0.2, 0.25) is 5.91 Å². The Kier molecular flexibility index (Phi) is 5.54. The number of nitrogens with zero attached hydrogens (tertiary/aromatic N) is 2. The number of aromatic nitrogens is 1. The monoisotopic (exact) mass is 333 g/mol. The normalized spacial score (nSPS) is 25.0. The summed E-state index contributed by atoms with van der Waals surface area (Å²) in [6.07, 6.45) is 6.75. The van der Waals surface area contributed by atoms with E-state index < -0.39 is 0 Å². The first-order valence-corrected chi connectivity index (χ1v) is 9.47. The first-order valence-electron chi connectivity index (χ1n) is 8.31. The summed E-state index contributed by atoms with van der Waals surface area (Å²) in [6, 6.07) is 3.71. The molecule has 3 rings (SSSR count). The van der Waals surface area contributed by atoms with Crippen LogP contribution in [0.2, 0.25) is 0 Å². The van der Waals surface area contributed by atoms with Crippen LogP contribution in [0, 0.1) is 5.92 Å². The highest BCUT2D eigenvalue weighted by molar-refractivity contribution is 7.99. The molecule has 1 aliphatic carbocycles. The fourth-order valence-electron chi connectivity index (χ4n) is 3.29. The molecule has 2 amide bonds. The Labute approximate surface area is 141 Å². The molecule has 0 unspecified atom stereocenters. The maximum atomic E-state index is 12.5. The van der Waals surface area contributed by atoms with Gasteiger partial charge < -0.3 is 10.2 Å². The van der Waals surface area contributed by atoms with E-state index in [0.29, 0.717) is 11.5 Å².